The molecule has 1 fully saturated rings. The van der Waals surface area contributed by atoms with Crippen molar-refractivity contribution in [1.82, 2.24) is 9.97 Å². The third kappa shape index (κ3) is 3.77. The summed E-state index contributed by atoms with van der Waals surface area (Å²) in [6, 6.07) is 2.00. The van der Waals surface area contributed by atoms with Crippen LogP contribution in [0.4, 0.5) is 11.8 Å². The van der Waals surface area contributed by atoms with Crippen LogP contribution in [0.15, 0.2) is 6.07 Å². The molecule has 0 amide bonds. The van der Waals surface area contributed by atoms with E-state index in [1.165, 1.54) is 17.9 Å². The van der Waals surface area contributed by atoms with E-state index in [0.717, 1.165) is 36.5 Å². The van der Waals surface area contributed by atoms with Gasteiger partial charge in [0.15, 0.2) is 0 Å². The highest BCUT2D eigenvalue weighted by atomic mass is 32.2. The van der Waals surface area contributed by atoms with Gasteiger partial charge in [0.2, 0.25) is 5.95 Å². The van der Waals surface area contributed by atoms with Gasteiger partial charge in [-0.2, -0.15) is 16.7 Å². The molecule has 2 heterocycles. The molecule has 0 bridgehead atoms. The largest absolute Gasteiger partial charge is 0.370 e. The summed E-state index contributed by atoms with van der Waals surface area (Å²) in [6.07, 6.45) is 1.32. The molecular weight excluding hydrogens is 232 g/mol. The maximum atomic E-state index is 4.44. The Morgan fingerprint density at radius 2 is 2.29 bits per heavy atom. The van der Waals surface area contributed by atoms with Gasteiger partial charge in [-0.25, -0.2) is 4.98 Å². The number of thioether (sulfide) groups is 1. The van der Waals surface area contributed by atoms with Gasteiger partial charge >= 0.3 is 0 Å². The summed E-state index contributed by atoms with van der Waals surface area (Å²) in [4.78, 5) is 8.78. The molecule has 94 valence electrons. The van der Waals surface area contributed by atoms with E-state index in [4.69, 9.17) is 0 Å². The van der Waals surface area contributed by atoms with Crippen LogP contribution < -0.4 is 10.6 Å². The number of rotatable bonds is 5. The van der Waals surface area contributed by atoms with Gasteiger partial charge in [0.1, 0.15) is 5.82 Å². The average molecular weight is 252 g/mol. The number of aryl methyl sites for hydroxylation is 1. The lowest BCUT2D eigenvalue weighted by Gasteiger charge is -2.12. The van der Waals surface area contributed by atoms with Crippen LogP contribution in [0.5, 0.6) is 0 Å². The second kappa shape index (κ2) is 6.10. The SMILES string of the molecule is CCNc1nc(C)cc(NCC2CCSC2)n1. The molecule has 0 saturated carbocycles. The fourth-order valence-electron chi connectivity index (χ4n) is 1.89. The standard InChI is InChI=1S/C12H20N4S/c1-3-13-12-15-9(2)6-11(16-12)14-7-10-4-5-17-8-10/h6,10H,3-5,7-8H2,1-2H3,(H2,13,14,15,16). The van der Waals surface area contributed by atoms with Crippen molar-refractivity contribution in [2.24, 2.45) is 5.92 Å². The lowest BCUT2D eigenvalue weighted by Crippen LogP contribution is -2.15. The Morgan fingerprint density at radius 1 is 1.41 bits per heavy atom. The van der Waals surface area contributed by atoms with E-state index in [1.807, 2.05) is 24.8 Å². The molecule has 0 aliphatic carbocycles. The molecule has 2 N–H and O–H groups in total. The molecule has 1 saturated heterocycles. The highest BCUT2D eigenvalue weighted by Crippen LogP contribution is 2.23. The number of nitrogens with zero attached hydrogens (tertiary/aromatic N) is 2. The van der Waals surface area contributed by atoms with Crippen molar-refractivity contribution in [3.05, 3.63) is 11.8 Å². The predicted octanol–water partition coefficient (Wildman–Crippen LogP) is 2.38. The minimum Gasteiger partial charge on any atom is -0.370 e. The molecule has 1 aromatic heterocycles. The summed E-state index contributed by atoms with van der Waals surface area (Å²) < 4.78 is 0. The molecule has 4 nitrogen and oxygen atoms in total. The fourth-order valence-corrected chi connectivity index (χ4v) is 3.17. The summed E-state index contributed by atoms with van der Waals surface area (Å²) in [5.74, 6) is 5.02. The Bertz CT molecular complexity index is 364. The van der Waals surface area contributed by atoms with Crippen LogP contribution in [0, 0.1) is 12.8 Å². The van der Waals surface area contributed by atoms with Crippen LogP contribution in [0.3, 0.4) is 0 Å². The molecular formula is C12H20N4S. The molecule has 1 aromatic rings. The van der Waals surface area contributed by atoms with E-state index < -0.39 is 0 Å². The third-order valence-corrected chi connectivity index (χ3v) is 4.02. The van der Waals surface area contributed by atoms with Gasteiger partial charge in [-0.1, -0.05) is 0 Å². The zero-order chi connectivity index (χ0) is 12.1. The number of aromatic nitrogens is 2. The number of hydrogen-bond donors (Lipinski definition) is 2. The normalized spacial score (nSPS) is 19.3. The van der Waals surface area contributed by atoms with Gasteiger partial charge in [-0.15, -0.1) is 0 Å². The van der Waals surface area contributed by atoms with E-state index in [-0.39, 0.29) is 0 Å². The Kier molecular flexibility index (Phi) is 4.48. The van der Waals surface area contributed by atoms with Crippen LogP contribution >= 0.6 is 11.8 Å². The van der Waals surface area contributed by atoms with Crippen molar-refractivity contribution < 1.29 is 0 Å². The van der Waals surface area contributed by atoms with Gasteiger partial charge < -0.3 is 10.6 Å². The van der Waals surface area contributed by atoms with E-state index in [1.54, 1.807) is 0 Å². The first-order valence-electron chi connectivity index (χ1n) is 6.19. The average Bonchev–Trinajstić information content (AvgIpc) is 2.79. The second-order valence-corrected chi connectivity index (χ2v) is 5.51. The first-order valence-corrected chi connectivity index (χ1v) is 7.34. The Morgan fingerprint density at radius 3 is 3.00 bits per heavy atom. The number of anilines is 2. The summed E-state index contributed by atoms with van der Waals surface area (Å²) >= 11 is 2.05. The Balaban J connectivity index is 1.94. The molecule has 17 heavy (non-hydrogen) atoms. The third-order valence-electron chi connectivity index (χ3n) is 2.78. The van der Waals surface area contributed by atoms with Crippen molar-refractivity contribution in [3.8, 4) is 0 Å². The molecule has 0 radical (unpaired) electrons. The van der Waals surface area contributed by atoms with E-state index in [2.05, 4.69) is 27.5 Å². The maximum Gasteiger partial charge on any atom is 0.224 e. The predicted molar refractivity (Wildman–Crippen MR) is 74.9 cm³/mol. The zero-order valence-electron chi connectivity index (χ0n) is 10.5. The molecule has 1 atom stereocenters. The molecule has 0 spiro atoms. The van der Waals surface area contributed by atoms with Gasteiger partial charge in [0.25, 0.3) is 0 Å². The minimum atomic E-state index is 0.718. The lowest BCUT2D eigenvalue weighted by molar-refractivity contribution is 0.630. The molecule has 2 rings (SSSR count). The first kappa shape index (κ1) is 12.5. The molecule has 1 aliphatic rings. The van der Waals surface area contributed by atoms with Gasteiger partial charge in [0, 0.05) is 24.8 Å². The van der Waals surface area contributed by atoms with E-state index >= 15 is 0 Å². The fraction of sp³-hybridized carbons (Fsp3) is 0.667. The monoisotopic (exact) mass is 252 g/mol. The van der Waals surface area contributed by atoms with Crippen LogP contribution in [0.25, 0.3) is 0 Å². The van der Waals surface area contributed by atoms with Crippen LogP contribution in [0.1, 0.15) is 19.0 Å². The van der Waals surface area contributed by atoms with Crippen molar-refractivity contribution >= 4 is 23.5 Å². The van der Waals surface area contributed by atoms with Gasteiger partial charge in [-0.3, -0.25) is 0 Å². The zero-order valence-corrected chi connectivity index (χ0v) is 11.3. The number of hydrogen-bond acceptors (Lipinski definition) is 5. The van der Waals surface area contributed by atoms with Crippen LogP contribution in [-0.2, 0) is 0 Å². The second-order valence-electron chi connectivity index (χ2n) is 4.36. The highest BCUT2D eigenvalue weighted by molar-refractivity contribution is 7.99. The number of nitrogens with one attached hydrogen (secondary N) is 2. The Hall–Kier alpha value is -0.970. The molecule has 1 aliphatic heterocycles. The topological polar surface area (TPSA) is 49.8 Å². The van der Waals surface area contributed by atoms with Crippen molar-refractivity contribution in [3.63, 3.8) is 0 Å². The maximum absolute atomic E-state index is 4.44. The summed E-state index contributed by atoms with van der Waals surface area (Å²) in [5, 5.41) is 6.57. The lowest BCUT2D eigenvalue weighted by atomic mass is 10.1. The van der Waals surface area contributed by atoms with Crippen LogP contribution in [-0.4, -0.2) is 34.6 Å². The van der Waals surface area contributed by atoms with Crippen molar-refractivity contribution in [1.29, 1.82) is 0 Å². The highest BCUT2D eigenvalue weighted by Gasteiger charge is 2.15. The summed E-state index contributed by atoms with van der Waals surface area (Å²) in [6.45, 7) is 5.92. The first-order chi connectivity index (χ1) is 8.28. The van der Waals surface area contributed by atoms with Gasteiger partial charge in [-0.05, 0) is 37.7 Å². The minimum absolute atomic E-state index is 0.718. The van der Waals surface area contributed by atoms with Crippen molar-refractivity contribution in [2.45, 2.75) is 20.3 Å². The molecule has 0 aromatic carbocycles. The molecule has 1 unspecified atom stereocenters. The van der Waals surface area contributed by atoms with Crippen molar-refractivity contribution in [2.75, 3.05) is 35.2 Å². The van der Waals surface area contributed by atoms with E-state index in [0.29, 0.717) is 0 Å². The Labute approximate surface area is 107 Å². The smallest absolute Gasteiger partial charge is 0.224 e. The summed E-state index contributed by atoms with van der Waals surface area (Å²) in [7, 11) is 0. The van der Waals surface area contributed by atoms with Crippen LogP contribution in [0.2, 0.25) is 0 Å². The van der Waals surface area contributed by atoms with Gasteiger partial charge in [0.05, 0.1) is 0 Å². The quantitative estimate of drug-likeness (QED) is 0.842. The summed E-state index contributed by atoms with van der Waals surface area (Å²) in [5.41, 5.74) is 0.999. The van der Waals surface area contributed by atoms with E-state index in [9.17, 15) is 0 Å². The molecule has 5 heteroatoms.